The molecule has 18 heavy (non-hydrogen) atoms. The second kappa shape index (κ2) is 8.09. The molecular formula is C10H21Cl2F2N3O. The molecule has 1 amide bonds. The zero-order valence-electron chi connectivity index (χ0n) is 10.6. The van der Waals surface area contributed by atoms with Crippen molar-refractivity contribution < 1.29 is 13.6 Å². The SMILES string of the molecule is CC(C)(N)C(=O)N1CCN(CC(F)F)CC1.Cl.Cl. The second-order valence-electron chi connectivity index (χ2n) is 4.71. The summed E-state index contributed by atoms with van der Waals surface area (Å²) in [5.41, 5.74) is 4.82. The van der Waals surface area contributed by atoms with Gasteiger partial charge in [-0.25, -0.2) is 8.78 Å². The number of carbonyl (C=O) groups is 1. The minimum Gasteiger partial charge on any atom is -0.339 e. The summed E-state index contributed by atoms with van der Waals surface area (Å²) in [7, 11) is 0. The number of alkyl halides is 2. The van der Waals surface area contributed by atoms with Crippen LogP contribution < -0.4 is 5.73 Å². The van der Waals surface area contributed by atoms with E-state index in [1.807, 2.05) is 0 Å². The molecule has 0 unspecified atom stereocenters. The van der Waals surface area contributed by atoms with Crippen LogP contribution in [0.3, 0.4) is 0 Å². The van der Waals surface area contributed by atoms with E-state index in [9.17, 15) is 13.6 Å². The van der Waals surface area contributed by atoms with E-state index >= 15 is 0 Å². The predicted molar refractivity (Wildman–Crippen MR) is 71.8 cm³/mol. The van der Waals surface area contributed by atoms with Crippen molar-refractivity contribution in [2.45, 2.75) is 25.8 Å². The number of halogens is 4. The van der Waals surface area contributed by atoms with Crippen molar-refractivity contribution in [3.63, 3.8) is 0 Å². The summed E-state index contributed by atoms with van der Waals surface area (Å²) in [4.78, 5) is 15.1. The molecule has 0 aromatic heterocycles. The topological polar surface area (TPSA) is 49.6 Å². The summed E-state index contributed by atoms with van der Waals surface area (Å²) < 4.78 is 24.2. The largest absolute Gasteiger partial charge is 0.339 e. The van der Waals surface area contributed by atoms with Crippen molar-refractivity contribution in [1.82, 2.24) is 9.80 Å². The van der Waals surface area contributed by atoms with Crippen LogP contribution in [0.5, 0.6) is 0 Å². The molecule has 4 nitrogen and oxygen atoms in total. The first-order valence-corrected chi connectivity index (χ1v) is 5.39. The van der Waals surface area contributed by atoms with E-state index in [1.165, 1.54) is 0 Å². The van der Waals surface area contributed by atoms with E-state index in [0.29, 0.717) is 26.2 Å². The number of amides is 1. The lowest BCUT2D eigenvalue weighted by molar-refractivity contribution is -0.137. The maximum atomic E-state index is 12.1. The van der Waals surface area contributed by atoms with Crippen LogP contribution in [0.2, 0.25) is 0 Å². The molecule has 2 N–H and O–H groups in total. The Labute approximate surface area is 119 Å². The van der Waals surface area contributed by atoms with Gasteiger partial charge in [0.25, 0.3) is 6.43 Å². The Morgan fingerprint density at radius 2 is 1.67 bits per heavy atom. The van der Waals surface area contributed by atoms with Crippen LogP contribution in [0.15, 0.2) is 0 Å². The monoisotopic (exact) mass is 307 g/mol. The molecule has 110 valence electrons. The molecule has 0 aromatic carbocycles. The molecule has 1 heterocycles. The van der Waals surface area contributed by atoms with Gasteiger partial charge in [0.15, 0.2) is 0 Å². The molecule has 0 radical (unpaired) electrons. The van der Waals surface area contributed by atoms with E-state index in [2.05, 4.69) is 0 Å². The highest BCUT2D eigenvalue weighted by atomic mass is 35.5. The molecule has 0 spiro atoms. The van der Waals surface area contributed by atoms with Crippen molar-refractivity contribution >= 4 is 30.7 Å². The maximum Gasteiger partial charge on any atom is 0.251 e. The Morgan fingerprint density at radius 3 is 2.00 bits per heavy atom. The quantitative estimate of drug-likeness (QED) is 0.845. The molecule has 1 aliphatic rings. The Morgan fingerprint density at radius 1 is 1.22 bits per heavy atom. The van der Waals surface area contributed by atoms with Crippen LogP contribution in [0.4, 0.5) is 8.78 Å². The number of piperazine rings is 1. The number of rotatable bonds is 3. The third-order valence-electron chi connectivity index (χ3n) is 2.61. The summed E-state index contributed by atoms with van der Waals surface area (Å²) in [5.74, 6) is -0.121. The number of carbonyl (C=O) groups excluding carboxylic acids is 1. The first kappa shape index (κ1) is 20.2. The lowest BCUT2D eigenvalue weighted by Gasteiger charge is -2.37. The van der Waals surface area contributed by atoms with Crippen LogP contribution in [0.1, 0.15) is 13.8 Å². The zero-order chi connectivity index (χ0) is 12.3. The Bertz CT molecular complexity index is 254. The summed E-state index contributed by atoms with van der Waals surface area (Å²) in [5, 5.41) is 0. The summed E-state index contributed by atoms with van der Waals surface area (Å²) >= 11 is 0. The van der Waals surface area contributed by atoms with E-state index in [0.717, 1.165) is 0 Å². The minimum atomic E-state index is -2.31. The number of hydrogen-bond donors (Lipinski definition) is 1. The van der Waals surface area contributed by atoms with Crippen LogP contribution in [-0.4, -0.2) is 60.4 Å². The van der Waals surface area contributed by atoms with Gasteiger partial charge in [0.2, 0.25) is 5.91 Å². The molecule has 0 aliphatic carbocycles. The van der Waals surface area contributed by atoms with E-state index < -0.39 is 12.0 Å². The van der Waals surface area contributed by atoms with Crippen molar-refractivity contribution in [2.75, 3.05) is 32.7 Å². The zero-order valence-corrected chi connectivity index (χ0v) is 12.2. The number of nitrogens with zero attached hydrogens (tertiary/aromatic N) is 2. The number of hydrogen-bond acceptors (Lipinski definition) is 3. The van der Waals surface area contributed by atoms with Gasteiger partial charge >= 0.3 is 0 Å². The second-order valence-corrected chi connectivity index (χ2v) is 4.71. The van der Waals surface area contributed by atoms with Gasteiger partial charge in [0.1, 0.15) is 0 Å². The Hall–Kier alpha value is -0.170. The van der Waals surface area contributed by atoms with Gasteiger partial charge in [-0.3, -0.25) is 9.69 Å². The van der Waals surface area contributed by atoms with Gasteiger partial charge < -0.3 is 10.6 Å². The smallest absolute Gasteiger partial charge is 0.251 e. The molecule has 8 heteroatoms. The molecule has 0 aromatic rings. The van der Waals surface area contributed by atoms with Gasteiger partial charge in [0, 0.05) is 26.2 Å². The van der Waals surface area contributed by atoms with Gasteiger partial charge in [-0.15, -0.1) is 24.8 Å². The standard InChI is InChI=1S/C10H19F2N3O.2ClH/c1-10(2,13)9(16)15-5-3-14(4-6-15)7-8(11)12;;/h8H,3-7,13H2,1-2H3;2*1H. The molecule has 0 atom stereocenters. The highest BCUT2D eigenvalue weighted by Crippen LogP contribution is 2.09. The van der Waals surface area contributed by atoms with E-state index in [-0.39, 0.29) is 37.3 Å². The van der Waals surface area contributed by atoms with Crippen molar-refractivity contribution in [1.29, 1.82) is 0 Å². The van der Waals surface area contributed by atoms with Gasteiger partial charge in [0.05, 0.1) is 12.1 Å². The predicted octanol–water partition coefficient (Wildman–Crippen LogP) is 0.977. The first-order valence-electron chi connectivity index (χ1n) is 5.39. The summed E-state index contributed by atoms with van der Waals surface area (Å²) in [6, 6.07) is 0. The average Bonchev–Trinajstić information content (AvgIpc) is 2.15. The fourth-order valence-corrected chi connectivity index (χ4v) is 1.74. The van der Waals surface area contributed by atoms with Crippen LogP contribution in [0, 0.1) is 0 Å². The average molecular weight is 308 g/mol. The lowest BCUT2D eigenvalue weighted by atomic mass is 10.0. The Kier molecular flexibility index (Phi) is 9.06. The van der Waals surface area contributed by atoms with E-state index in [1.54, 1.807) is 23.6 Å². The molecule has 1 rings (SSSR count). The lowest BCUT2D eigenvalue weighted by Crippen LogP contribution is -2.57. The third-order valence-corrected chi connectivity index (χ3v) is 2.61. The van der Waals surface area contributed by atoms with Gasteiger partial charge in [-0.05, 0) is 13.8 Å². The summed E-state index contributed by atoms with van der Waals surface area (Å²) in [6.07, 6.45) is -2.31. The Balaban J connectivity index is 0. The maximum absolute atomic E-state index is 12.1. The fourth-order valence-electron chi connectivity index (χ4n) is 1.74. The van der Waals surface area contributed by atoms with E-state index in [4.69, 9.17) is 5.73 Å². The normalized spacial score (nSPS) is 17.1. The molecule has 0 bridgehead atoms. The third kappa shape index (κ3) is 6.13. The minimum absolute atomic E-state index is 0. The van der Waals surface area contributed by atoms with Crippen molar-refractivity contribution in [2.24, 2.45) is 5.73 Å². The van der Waals surface area contributed by atoms with Crippen LogP contribution in [0.25, 0.3) is 0 Å². The molecule has 1 fully saturated rings. The van der Waals surface area contributed by atoms with Crippen LogP contribution >= 0.6 is 24.8 Å². The number of nitrogens with two attached hydrogens (primary N) is 1. The molecule has 0 saturated carbocycles. The van der Waals surface area contributed by atoms with Crippen LogP contribution in [-0.2, 0) is 4.79 Å². The van der Waals surface area contributed by atoms with Crippen molar-refractivity contribution in [3.8, 4) is 0 Å². The van der Waals surface area contributed by atoms with Crippen molar-refractivity contribution in [3.05, 3.63) is 0 Å². The van der Waals surface area contributed by atoms with Gasteiger partial charge in [-0.1, -0.05) is 0 Å². The summed E-state index contributed by atoms with van der Waals surface area (Å²) in [6.45, 7) is 5.03. The highest BCUT2D eigenvalue weighted by molar-refractivity contribution is 5.86. The fraction of sp³-hybridized carbons (Fsp3) is 0.900. The molecular weight excluding hydrogens is 287 g/mol. The highest BCUT2D eigenvalue weighted by Gasteiger charge is 2.30. The van der Waals surface area contributed by atoms with Gasteiger partial charge in [-0.2, -0.15) is 0 Å². The molecule has 1 saturated heterocycles. The molecule has 1 aliphatic heterocycles. The first-order chi connectivity index (χ1) is 7.30.